The topological polar surface area (TPSA) is 46.5 Å². The standard InChI is InChI=1S/C23H19BrN4/c1-16-11-19(17(2)28(16)21-9-7-20(24)8-10-21)12-18(13-25)14-27-15-26-22-5-3-4-6-23(22)27/h3-12,15H,14H2,1-2H3/b18-12-. The average Bonchev–Trinajstić information content (AvgIpc) is 3.23. The highest BCUT2D eigenvalue weighted by Gasteiger charge is 2.11. The van der Waals surface area contributed by atoms with E-state index >= 15 is 0 Å². The Kier molecular flexibility index (Phi) is 4.89. The van der Waals surface area contributed by atoms with Crippen LogP contribution in [0.2, 0.25) is 0 Å². The highest BCUT2D eigenvalue weighted by atomic mass is 79.9. The van der Waals surface area contributed by atoms with Crippen molar-refractivity contribution in [2.45, 2.75) is 20.4 Å². The molecule has 0 radical (unpaired) electrons. The molecule has 0 aliphatic heterocycles. The summed E-state index contributed by atoms with van der Waals surface area (Å²) in [4.78, 5) is 4.41. The van der Waals surface area contributed by atoms with Crippen molar-refractivity contribution < 1.29 is 0 Å². The fourth-order valence-electron chi connectivity index (χ4n) is 3.54. The maximum atomic E-state index is 9.71. The number of nitrogens with zero attached hydrogens (tertiary/aromatic N) is 4. The molecule has 0 unspecified atom stereocenters. The first-order valence-corrected chi connectivity index (χ1v) is 9.81. The monoisotopic (exact) mass is 430 g/mol. The molecule has 4 nitrogen and oxygen atoms in total. The van der Waals surface area contributed by atoms with Crippen LogP contribution in [0.3, 0.4) is 0 Å². The molecule has 0 saturated heterocycles. The van der Waals surface area contributed by atoms with Crippen LogP contribution in [0.1, 0.15) is 17.0 Å². The molecule has 0 aliphatic carbocycles. The van der Waals surface area contributed by atoms with E-state index in [0.29, 0.717) is 12.1 Å². The van der Waals surface area contributed by atoms with Gasteiger partial charge in [-0.3, -0.25) is 0 Å². The molecule has 0 aliphatic rings. The van der Waals surface area contributed by atoms with E-state index < -0.39 is 0 Å². The summed E-state index contributed by atoms with van der Waals surface area (Å²) in [5.74, 6) is 0. The van der Waals surface area contributed by atoms with Crippen LogP contribution in [0.25, 0.3) is 22.8 Å². The van der Waals surface area contributed by atoms with Gasteiger partial charge in [0.2, 0.25) is 0 Å². The lowest BCUT2D eigenvalue weighted by Gasteiger charge is -2.10. The number of aryl methyl sites for hydroxylation is 1. The summed E-state index contributed by atoms with van der Waals surface area (Å²) in [6.45, 7) is 4.67. The predicted octanol–water partition coefficient (Wildman–Crippen LogP) is 5.81. The van der Waals surface area contributed by atoms with Gasteiger partial charge < -0.3 is 9.13 Å². The maximum absolute atomic E-state index is 9.71. The summed E-state index contributed by atoms with van der Waals surface area (Å²) in [7, 11) is 0. The minimum absolute atomic E-state index is 0.499. The zero-order valence-corrected chi connectivity index (χ0v) is 17.3. The molecule has 2 aromatic heterocycles. The normalized spacial score (nSPS) is 11.7. The number of imidazole rings is 1. The summed E-state index contributed by atoms with van der Waals surface area (Å²) in [6.07, 6.45) is 3.77. The largest absolute Gasteiger partial charge is 0.325 e. The summed E-state index contributed by atoms with van der Waals surface area (Å²) in [5.41, 5.74) is 7.08. The van der Waals surface area contributed by atoms with Crippen molar-refractivity contribution in [2.75, 3.05) is 0 Å². The zero-order chi connectivity index (χ0) is 19.7. The van der Waals surface area contributed by atoms with Gasteiger partial charge in [0.15, 0.2) is 0 Å². The van der Waals surface area contributed by atoms with E-state index in [0.717, 1.165) is 38.1 Å². The smallest absolute Gasteiger partial charge is 0.0966 e. The number of rotatable bonds is 4. The second kappa shape index (κ2) is 7.49. The Labute approximate surface area is 172 Å². The van der Waals surface area contributed by atoms with Crippen LogP contribution in [0.5, 0.6) is 0 Å². The minimum atomic E-state index is 0.499. The van der Waals surface area contributed by atoms with Crippen LogP contribution >= 0.6 is 15.9 Å². The van der Waals surface area contributed by atoms with Crippen LogP contribution in [0.15, 0.2) is 71.0 Å². The molecule has 0 fully saturated rings. The zero-order valence-electron chi connectivity index (χ0n) is 15.7. The molecule has 28 heavy (non-hydrogen) atoms. The van der Waals surface area contributed by atoms with Gasteiger partial charge in [-0.25, -0.2) is 4.98 Å². The Hall–Kier alpha value is -3.10. The Bertz CT molecular complexity index is 1220. The van der Waals surface area contributed by atoms with Crippen molar-refractivity contribution in [2.24, 2.45) is 0 Å². The summed E-state index contributed by atoms with van der Waals surface area (Å²) in [6, 6.07) is 20.7. The molecule has 4 rings (SSSR count). The van der Waals surface area contributed by atoms with Crippen molar-refractivity contribution in [1.82, 2.24) is 14.1 Å². The molecule has 0 N–H and O–H groups in total. The van der Waals surface area contributed by atoms with Gasteiger partial charge in [-0.1, -0.05) is 28.1 Å². The van der Waals surface area contributed by atoms with E-state index in [1.54, 1.807) is 6.33 Å². The number of hydrogen-bond donors (Lipinski definition) is 0. The number of nitriles is 1. The van der Waals surface area contributed by atoms with Gasteiger partial charge >= 0.3 is 0 Å². The van der Waals surface area contributed by atoms with Crippen molar-refractivity contribution in [3.63, 3.8) is 0 Å². The van der Waals surface area contributed by atoms with E-state index in [9.17, 15) is 5.26 Å². The van der Waals surface area contributed by atoms with Gasteiger partial charge in [0.1, 0.15) is 0 Å². The first-order chi connectivity index (χ1) is 13.6. The number of benzene rings is 2. The number of fused-ring (bicyclic) bond motifs is 1. The van der Waals surface area contributed by atoms with Crippen LogP contribution in [0, 0.1) is 25.2 Å². The Balaban J connectivity index is 1.70. The summed E-state index contributed by atoms with van der Waals surface area (Å²) >= 11 is 3.49. The molecule has 2 aromatic carbocycles. The highest BCUT2D eigenvalue weighted by molar-refractivity contribution is 9.10. The van der Waals surface area contributed by atoms with Gasteiger partial charge in [-0.05, 0) is 68.0 Å². The lowest BCUT2D eigenvalue weighted by Crippen LogP contribution is -2.00. The first kappa shape index (κ1) is 18.3. The second-order valence-corrected chi connectivity index (χ2v) is 7.70. The lowest BCUT2D eigenvalue weighted by atomic mass is 10.1. The van der Waals surface area contributed by atoms with Gasteiger partial charge in [0.05, 0.1) is 30.0 Å². The SMILES string of the molecule is Cc1cc(/C=C(/C#N)Cn2cnc3ccccc32)c(C)n1-c1ccc(Br)cc1. The molecule has 5 heteroatoms. The van der Waals surface area contributed by atoms with E-state index in [1.807, 2.05) is 47.0 Å². The fourth-order valence-corrected chi connectivity index (χ4v) is 3.81. The molecule has 4 aromatic rings. The van der Waals surface area contributed by atoms with Gasteiger partial charge in [0.25, 0.3) is 0 Å². The summed E-state index contributed by atoms with van der Waals surface area (Å²) in [5, 5.41) is 9.71. The predicted molar refractivity (Wildman–Crippen MR) is 116 cm³/mol. The van der Waals surface area contributed by atoms with Gasteiger partial charge in [0, 0.05) is 27.1 Å². The van der Waals surface area contributed by atoms with E-state index in [1.165, 1.54) is 0 Å². The number of hydrogen-bond acceptors (Lipinski definition) is 2. The third kappa shape index (κ3) is 3.39. The lowest BCUT2D eigenvalue weighted by molar-refractivity contribution is 0.830. The van der Waals surface area contributed by atoms with Crippen molar-refractivity contribution in [1.29, 1.82) is 5.26 Å². The quantitative estimate of drug-likeness (QED) is 0.383. The molecule has 138 valence electrons. The van der Waals surface area contributed by atoms with Crippen LogP contribution in [-0.2, 0) is 6.54 Å². The molecular weight excluding hydrogens is 412 g/mol. The fraction of sp³-hybridized carbons (Fsp3) is 0.130. The number of allylic oxidation sites excluding steroid dienone is 1. The Morgan fingerprint density at radius 1 is 1.14 bits per heavy atom. The average molecular weight is 431 g/mol. The van der Waals surface area contributed by atoms with Gasteiger partial charge in [-0.2, -0.15) is 5.26 Å². The minimum Gasteiger partial charge on any atom is -0.325 e. The van der Waals surface area contributed by atoms with Gasteiger partial charge in [-0.15, -0.1) is 0 Å². The highest BCUT2D eigenvalue weighted by Crippen LogP contribution is 2.24. The van der Waals surface area contributed by atoms with E-state index in [-0.39, 0.29) is 0 Å². The molecule has 0 amide bonds. The van der Waals surface area contributed by atoms with Crippen LogP contribution in [0.4, 0.5) is 0 Å². The maximum Gasteiger partial charge on any atom is 0.0966 e. The third-order valence-electron chi connectivity index (χ3n) is 4.90. The Morgan fingerprint density at radius 2 is 1.89 bits per heavy atom. The molecule has 2 heterocycles. The Morgan fingerprint density at radius 3 is 2.64 bits per heavy atom. The van der Waals surface area contributed by atoms with Crippen molar-refractivity contribution >= 4 is 33.0 Å². The van der Waals surface area contributed by atoms with Crippen LogP contribution < -0.4 is 0 Å². The molecule has 0 spiro atoms. The van der Waals surface area contributed by atoms with E-state index in [2.05, 4.69) is 63.6 Å². The van der Waals surface area contributed by atoms with E-state index in [4.69, 9.17) is 0 Å². The summed E-state index contributed by atoms with van der Waals surface area (Å²) < 4.78 is 5.27. The third-order valence-corrected chi connectivity index (χ3v) is 5.43. The number of halogens is 1. The first-order valence-electron chi connectivity index (χ1n) is 9.02. The van der Waals surface area contributed by atoms with Crippen molar-refractivity contribution in [3.8, 4) is 11.8 Å². The number of para-hydroxylation sites is 2. The molecule has 0 atom stereocenters. The number of aromatic nitrogens is 3. The van der Waals surface area contributed by atoms with Crippen molar-refractivity contribution in [3.05, 3.63) is 87.9 Å². The van der Waals surface area contributed by atoms with Crippen LogP contribution in [-0.4, -0.2) is 14.1 Å². The molecular formula is C23H19BrN4. The second-order valence-electron chi connectivity index (χ2n) is 6.78. The molecule has 0 saturated carbocycles. The molecule has 0 bridgehead atoms.